The summed E-state index contributed by atoms with van der Waals surface area (Å²) in [6, 6.07) is -0.0420. The summed E-state index contributed by atoms with van der Waals surface area (Å²) in [5, 5.41) is 3.60. The zero-order valence-electron chi connectivity index (χ0n) is 10.0. The van der Waals surface area contributed by atoms with Crippen molar-refractivity contribution in [2.24, 2.45) is 5.92 Å². The first-order valence-electron chi connectivity index (χ1n) is 5.32. The summed E-state index contributed by atoms with van der Waals surface area (Å²) in [5.74, 6) is 0.201. The molecule has 90 valence electrons. The zero-order valence-corrected chi connectivity index (χ0v) is 11.7. The van der Waals surface area contributed by atoms with E-state index >= 15 is 0 Å². The number of hydrogen-bond donors (Lipinski definition) is 2. The number of hydrogen-bond acceptors (Lipinski definition) is 4. The van der Waals surface area contributed by atoms with Gasteiger partial charge in [-0.3, -0.25) is 4.79 Å². The largest absolute Gasteiger partial charge is 0.346 e. The summed E-state index contributed by atoms with van der Waals surface area (Å²) >= 11 is 5.89. The molecule has 0 saturated carbocycles. The lowest BCUT2D eigenvalue weighted by Gasteiger charge is -2.17. The van der Waals surface area contributed by atoms with Crippen LogP contribution in [0.25, 0.3) is 0 Å². The molecule has 1 rings (SSSR count). The van der Waals surface area contributed by atoms with Crippen molar-refractivity contribution in [3.63, 3.8) is 0 Å². The van der Waals surface area contributed by atoms with E-state index in [1.165, 1.54) is 0 Å². The fraction of sp³-hybridized carbons (Fsp3) is 0.636. The Bertz CT molecular complexity index is 363. The first-order valence-corrected chi connectivity index (χ1v) is 6.66. The van der Waals surface area contributed by atoms with Crippen LogP contribution >= 0.6 is 24.0 Å². The van der Waals surface area contributed by atoms with E-state index < -0.39 is 0 Å². The van der Waals surface area contributed by atoms with Gasteiger partial charge < -0.3 is 5.32 Å². The molecule has 1 amide bonds. The Morgan fingerprint density at radius 1 is 1.50 bits per heavy atom. The van der Waals surface area contributed by atoms with Crippen molar-refractivity contribution in [2.75, 3.05) is 0 Å². The minimum absolute atomic E-state index is 0.0290. The topological polar surface area (TPSA) is 42.0 Å². The van der Waals surface area contributed by atoms with Gasteiger partial charge in [0.25, 0.3) is 0 Å². The number of aryl methyl sites for hydroxylation is 1. The molecule has 0 aliphatic heterocycles. The highest BCUT2D eigenvalue weighted by atomic mass is 32.1. The number of nitrogens with zero attached hydrogens (tertiary/aromatic N) is 1. The van der Waals surface area contributed by atoms with Crippen LogP contribution in [0, 0.1) is 12.8 Å². The molecule has 1 aromatic heterocycles. The summed E-state index contributed by atoms with van der Waals surface area (Å²) in [7, 11) is 0. The van der Waals surface area contributed by atoms with E-state index in [2.05, 4.69) is 22.9 Å². The van der Waals surface area contributed by atoms with Crippen molar-refractivity contribution >= 4 is 29.9 Å². The molecule has 2 atom stereocenters. The molecule has 0 fully saturated rings. The lowest BCUT2D eigenvalue weighted by atomic mass is 10.1. The van der Waals surface area contributed by atoms with Gasteiger partial charge in [0.15, 0.2) is 0 Å². The average Bonchev–Trinajstić information content (AvgIpc) is 2.63. The van der Waals surface area contributed by atoms with E-state index in [4.69, 9.17) is 0 Å². The molecule has 0 aliphatic carbocycles. The Hall–Kier alpha value is -0.550. The number of carbonyl (C=O) groups excluding carboxylic acids is 1. The van der Waals surface area contributed by atoms with Crippen molar-refractivity contribution in [1.29, 1.82) is 0 Å². The van der Waals surface area contributed by atoms with Crippen molar-refractivity contribution in [2.45, 2.75) is 39.0 Å². The van der Waals surface area contributed by atoms with Crippen LogP contribution in [-0.2, 0) is 4.79 Å². The maximum Gasteiger partial charge on any atom is 0.233 e. The number of thiol groups is 1. The van der Waals surface area contributed by atoms with Gasteiger partial charge in [-0.1, -0.05) is 13.8 Å². The number of amides is 1. The third kappa shape index (κ3) is 3.49. The first-order chi connectivity index (χ1) is 7.41. The van der Waals surface area contributed by atoms with E-state index in [0.29, 0.717) is 0 Å². The number of nitrogens with one attached hydrogen (secondary N) is 1. The zero-order chi connectivity index (χ0) is 12.3. The Kier molecular flexibility index (Phi) is 4.80. The van der Waals surface area contributed by atoms with Crippen molar-refractivity contribution in [1.82, 2.24) is 10.3 Å². The molecule has 0 aliphatic rings. The lowest BCUT2D eigenvalue weighted by Crippen LogP contribution is -2.36. The number of thiazole rings is 1. The van der Waals surface area contributed by atoms with Crippen LogP contribution < -0.4 is 5.32 Å². The highest BCUT2D eigenvalue weighted by Gasteiger charge is 2.20. The van der Waals surface area contributed by atoms with Gasteiger partial charge in [0.1, 0.15) is 5.01 Å². The minimum Gasteiger partial charge on any atom is -0.346 e. The average molecular weight is 258 g/mol. The van der Waals surface area contributed by atoms with E-state index in [1.54, 1.807) is 11.3 Å². The molecular formula is C11H18N2OS2. The Labute approximate surface area is 106 Å². The minimum atomic E-state index is -0.261. The molecule has 3 nitrogen and oxygen atoms in total. The molecule has 0 bridgehead atoms. The van der Waals surface area contributed by atoms with Crippen molar-refractivity contribution < 1.29 is 4.79 Å². The van der Waals surface area contributed by atoms with E-state index in [-0.39, 0.29) is 23.1 Å². The smallest absolute Gasteiger partial charge is 0.233 e. The Morgan fingerprint density at radius 3 is 2.56 bits per heavy atom. The van der Waals surface area contributed by atoms with Gasteiger partial charge in [0.2, 0.25) is 5.91 Å². The third-order valence-electron chi connectivity index (χ3n) is 2.27. The highest BCUT2D eigenvalue weighted by molar-refractivity contribution is 7.81. The molecule has 5 heteroatoms. The summed E-state index contributed by atoms with van der Waals surface area (Å²) in [4.78, 5) is 17.2. The van der Waals surface area contributed by atoms with Gasteiger partial charge in [-0.2, -0.15) is 12.6 Å². The lowest BCUT2D eigenvalue weighted by molar-refractivity contribution is -0.121. The second-order valence-electron chi connectivity index (χ2n) is 4.23. The molecule has 0 saturated heterocycles. The van der Waals surface area contributed by atoms with Crippen LogP contribution in [0.15, 0.2) is 6.20 Å². The quantitative estimate of drug-likeness (QED) is 0.815. The van der Waals surface area contributed by atoms with Gasteiger partial charge in [-0.05, 0) is 19.8 Å². The summed E-state index contributed by atoms with van der Waals surface area (Å²) in [6.07, 6.45) is 1.82. The predicted molar refractivity (Wildman–Crippen MR) is 71.0 cm³/mol. The van der Waals surface area contributed by atoms with Crippen molar-refractivity contribution in [3.8, 4) is 0 Å². The van der Waals surface area contributed by atoms with Crippen molar-refractivity contribution in [3.05, 3.63) is 16.1 Å². The summed E-state index contributed by atoms with van der Waals surface area (Å²) < 4.78 is 0. The normalized spacial score (nSPS) is 14.9. The number of aromatic nitrogens is 1. The molecule has 2 unspecified atom stereocenters. The van der Waals surface area contributed by atoms with Gasteiger partial charge in [0, 0.05) is 11.1 Å². The Balaban J connectivity index is 2.58. The van der Waals surface area contributed by atoms with E-state index in [1.807, 2.05) is 33.9 Å². The third-order valence-corrected chi connectivity index (χ3v) is 4.19. The molecule has 1 heterocycles. The molecule has 0 spiro atoms. The van der Waals surface area contributed by atoms with Gasteiger partial charge in [-0.15, -0.1) is 11.3 Å². The van der Waals surface area contributed by atoms with Crippen LogP contribution in [0.1, 0.15) is 36.7 Å². The van der Waals surface area contributed by atoms with Crippen LogP contribution in [0.4, 0.5) is 0 Å². The first kappa shape index (κ1) is 13.5. The molecule has 0 aromatic carbocycles. The van der Waals surface area contributed by atoms with E-state index in [0.717, 1.165) is 9.88 Å². The van der Waals surface area contributed by atoms with Crippen LogP contribution in [0.5, 0.6) is 0 Å². The predicted octanol–water partition coefficient (Wildman–Crippen LogP) is 2.58. The maximum absolute atomic E-state index is 11.8. The van der Waals surface area contributed by atoms with Gasteiger partial charge in [0.05, 0.1) is 11.3 Å². The molecule has 1 N–H and O–H groups in total. The number of rotatable bonds is 4. The molecule has 0 radical (unpaired) electrons. The fourth-order valence-electron chi connectivity index (χ4n) is 1.24. The molecule has 16 heavy (non-hydrogen) atoms. The number of carbonyl (C=O) groups is 1. The second-order valence-corrected chi connectivity index (χ2v) is 6.05. The van der Waals surface area contributed by atoms with Gasteiger partial charge in [-0.25, -0.2) is 4.98 Å². The second kappa shape index (κ2) is 5.68. The van der Waals surface area contributed by atoms with Crippen LogP contribution in [0.3, 0.4) is 0 Å². The highest BCUT2D eigenvalue weighted by Crippen LogP contribution is 2.19. The monoisotopic (exact) mass is 258 g/mol. The summed E-state index contributed by atoms with van der Waals surface area (Å²) in [5.41, 5.74) is 0. The van der Waals surface area contributed by atoms with Crippen LogP contribution in [-0.4, -0.2) is 16.1 Å². The van der Waals surface area contributed by atoms with Crippen LogP contribution in [0.2, 0.25) is 0 Å². The maximum atomic E-state index is 11.8. The standard InChI is InChI=1S/C11H18N2OS2/c1-6(2)9(15)10(14)13-8(4)11-12-5-7(3)16-11/h5-6,8-9,15H,1-4H3,(H,13,14). The molecular weight excluding hydrogens is 240 g/mol. The Morgan fingerprint density at radius 2 is 2.12 bits per heavy atom. The SMILES string of the molecule is Cc1cnc(C(C)NC(=O)C(S)C(C)C)s1. The van der Waals surface area contributed by atoms with Gasteiger partial charge >= 0.3 is 0 Å². The van der Waals surface area contributed by atoms with E-state index in [9.17, 15) is 4.79 Å². The fourth-order valence-corrected chi connectivity index (χ4v) is 2.09. The summed E-state index contributed by atoms with van der Waals surface area (Å²) in [6.45, 7) is 7.91. The molecule has 1 aromatic rings.